The van der Waals surface area contributed by atoms with Crippen LogP contribution in [0, 0.1) is 5.82 Å². The van der Waals surface area contributed by atoms with Gasteiger partial charge in [0.1, 0.15) is 22.3 Å². The first kappa shape index (κ1) is 17.4. The van der Waals surface area contributed by atoms with Crippen molar-refractivity contribution in [2.75, 3.05) is 19.7 Å². The van der Waals surface area contributed by atoms with E-state index in [4.69, 9.17) is 4.74 Å². The Kier molecular flexibility index (Phi) is 6.10. The maximum Gasteiger partial charge on any atom is 0.273 e. The second kappa shape index (κ2) is 8.06. The van der Waals surface area contributed by atoms with Gasteiger partial charge in [0.2, 0.25) is 0 Å². The minimum absolute atomic E-state index is 0.124. The quantitative estimate of drug-likeness (QED) is 0.760. The molecule has 2 aromatic rings. The molecule has 0 spiro atoms. The molecule has 0 aliphatic rings. The molecule has 0 unspecified atom stereocenters. The van der Waals surface area contributed by atoms with Crippen molar-refractivity contribution in [1.82, 2.24) is 9.88 Å². The van der Waals surface area contributed by atoms with Crippen LogP contribution in [0.1, 0.15) is 37.7 Å². The van der Waals surface area contributed by atoms with Crippen LogP contribution >= 0.6 is 11.3 Å². The van der Waals surface area contributed by atoms with Crippen LogP contribution in [0.2, 0.25) is 0 Å². The van der Waals surface area contributed by atoms with E-state index in [1.165, 1.54) is 17.4 Å². The van der Waals surface area contributed by atoms with E-state index in [2.05, 4.69) is 4.98 Å². The Balaban J connectivity index is 2.21. The summed E-state index contributed by atoms with van der Waals surface area (Å²) >= 11 is 1.27. The first-order valence-electron chi connectivity index (χ1n) is 7.78. The van der Waals surface area contributed by atoms with Crippen LogP contribution in [0.3, 0.4) is 0 Å². The van der Waals surface area contributed by atoms with Gasteiger partial charge in [-0.2, -0.15) is 0 Å². The van der Waals surface area contributed by atoms with Crippen LogP contribution < -0.4 is 4.74 Å². The van der Waals surface area contributed by atoms with Crippen molar-refractivity contribution in [1.29, 1.82) is 0 Å². The molecule has 124 valence electrons. The summed E-state index contributed by atoms with van der Waals surface area (Å²) in [5.41, 5.74) is 0.747. The lowest BCUT2D eigenvalue weighted by Gasteiger charge is -2.16. The van der Waals surface area contributed by atoms with Crippen LogP contribution in [0.5, 0.6) is 5.75 Å². The van der Waals surface area contributed by atoms with E-state index in [-0.39, 0.29) is 5.91 Å². The molecular weight excluding hydrogens is 315 g/mol. The van der Waals surface area contributed by atoms with Gasteiger partial charge in [0.25, 0.3) is 5.91 Å². The Bertz CT molecular complexity index is 668. The minimum atomic E-state index is -0.394. The van der Waals surface area contributed by atoms with Crippen LogP contribution in [0.15, 0.2) is 23.6 Å². The predicted octanol–water partition coefficient (Wildman–Crippen LogP) is 4.22. The molecule has 23 heavy (non-hydrogen) atoms. The van der Waals surface area contributed by atoms with Crippen LogP contribution in [0.4, 0.5) is 4.39 Å². The summed E-state index contributed by atoms with van der Waals surface area (Å²) in [5.74, 6) is -0.0142. The predicted molar refractivity (Wildman–Crippen MR) is 90.5 cm³/mol. The molecule has 1 heterocycles. The fraction of sp³-hybridized carbons (Fsp3) is 0.412. The molecule has 0 radical (unpaired) electrons. The summed E-state index contributed by atoms with van der Waals surface area (Å²) in [5, 5.41) is 2.18. The molecule has 1 aromatic heterocycles. The molecule has 0 aliphatic carbocycles. The Morgan fingerprint density at radius 1 is 1.30 bits per heavy atom. The zero-order chi connectivity index (χ0) is 16.8. The maximum atomic E-state index is 14.3. The highest BCUT2D eigenvalue weighted by Crippen LogP contribution is 2.29. The van der Waals surface area contributed by atoms with Crippen molar-refractivity contribution in [3.8, 4) is 16.3 Å². The topological polar surface area (TPSA) is 42.4 Å². The highest BCUT2D eigenvalue weighted by Gasteiger charge is 2.18. The molecule has 1 aromatic carbocycles. The number of ether oxygens (including phenoxy) is 1. The summed E-state index contributed by atoms with van der Waals surface area (Å²) in [6, 6.07) is 4.73. The van der Waals surface area contributed by atoms with Crippen LogP contribution in [-0.2, 0) is 0 Å². The summed E-state index contributed by atoms with van der Waals surface area (Å²) in [7, 11) is 0. The van der Waals surface area contributed by atoms with Gasteiger partial charge in [-0.25, -0.2) is 9.37 Å². The highest BCUT2D eigenvalue weighted by atomic mass is 32.1. The monoisotopic (exact) mass is 336 g/mol. The average Bonchev–Trinajstić information content (AvgIpc) is 3.03. The van der Waals surface area contributed by atoms with Crippen molar-refractivity contribution < 1.29 is 13.9 Å². The molecule has 0 N–H and O–H groups in total. The van der Waals surface area contributed by atoms with Crippen molar-refractivity contribution in [3.63, 3.8) is 0 Å². The lowest BCUT2D eigenvalue weighted by Crippen LogP contribution is -2.30. The molecular formula is C17H21FN2O2S. The second-order valence-electron chi connectivity index (χ2n) is 5.01. The SMILES string of the molecule is CCCOc1ccc(-c2nc(C(=O)N(CC)CC)cs2)c(F)c1. The number of nitrogens with zero attached hydrogens (tertiary/aromatic N) is 2. The number of amides is 1. The van der Waals surface area contributed by atoms with E-state index in [0.717, 1.165) is 6.42 Å². The first-order chi connectivity index (χ1) is 11.1. The molecule has 1 amide bonds. The first-order valence-corrected chi connectivity index (χ1v) is 8.66. The standard InChI is InChI=1S/C17H21FN2O2S/c1-4-9-22-12-7-8-13(14(18)10-12)16-19-15(11-23-16)17(21)20(5-2)6-3/h7-8,10-11H,4-6,9H2,1-3H3. The van der Waals surface area contributed by atoms with Gasteiger partial charge in [-0.3, -0.25) is 4.79 Å². The Labute approximate surface area is 139 Å². The van der Waals surface area contributed by atoms with Gasteiger partial charge in [0, 0.05) is 30.1 Å². The summed E-state index contributed by atoms with van der Waals surface area (Å²) < 4.78 is 19.7. The van der Waals surface area contributed by atoms with Crippen molar-refractivity contribution in [2.45, 2.75) is 27.2 Å². The van der Waals surface area contributed by atoms with Gasteiger partial charge in [-0.15, -0.1) is 11.3 Å². The molecule has 0 bridgehead atoms. The van der Waals surface area contributed by atoms with E-state index < -0.39 is 5.82 Å². The number of hydrogen-bond donors (Lipinski definition) is 0. The fourth-order valence-corrected chi connectivity index (χ4v) is 2.97. The number of carbonyl (C=O) groups excluding carboxylic acids is 1. The third-order valence-corrected chi connectivity index (χ3v) is 4.29. The molecule has 4 nitrogen and oxygen atoms in total. The van der Waals surface area contributed by atoms with Crippen LogP contribution in [0.25, 0.3) is 10.6 Å². The Morgan fingerprint density at radius 3 is 2.65 bits per heavy atom. The van der Waals surface area contributed by atoms with Gasteiger partial charge in [0.15, 0.2) is 0 Å². The van der Waals surface area contributed by atoms with Gasteiger partial charge >= 0.3 is 0 Å². The number of thiazole rings is 1. The zero-order valence-corrected chi connectivity index (χ0v) is 14.5. The Morgan fingerprint density at radius 2 is 2.04 bits per heavy atom. The number of rotatable bonds is 7. The third kappa shape index (κ3) is 4.07. The summed E-state index contributed by atoms with van der Waals surface area (Å²) in [4.78, 5) is 18.3. The average molecular weight is 336 g/mol. The third-order valence-electron chi connectivity index (χ3n) is 3.42. The van der Waals surface area contributed by atoms with E-state index in [1.807, 2.05) is 20.8 Å². The normalized spacial score (nSPS) is 10.6. The lowest BCUT2D eigenvalue weighted by molar-refractivity contribution is 0.0768. The van der Waals surface area contributed by atoms with E-state index in [9.17, 15) is 9.18 Å². The van der Waals surface area contributed by atoms with E-state index in [0.29, 0.717) is 41.7 Å². The molecule has 0 atom stereocenters. The molecule has 0 saturated carbocycles. The maximum absolute atomic E-state index is 14.3. The lowest BCUT2D eigenvalue weighted by atomic mass is 10.2. The summed E-state index contributed by atoms with van der Waals surface area (Å²) in [6.45, 7) is 7.64. The fourth-order valence-electron chi connectivity index (χ4n) is 2.15. The molecule has 6 heteroatoms. The van der Waals surface area contributed by atoms with Crippen molar-refractivity contribution in [3.05, 3.63) is 35.1 Å². The van der Waals surface area contributed by atoms with Gasteiger partial charge in [-0.05, 0) is 32.4 Å². The molecule has 0 saturated heterocycles. The Hall–Kier alpha value is -1.95. The molecule has 2 rings (SSSR count). The van der Waals surface area contributed by atoms with Gasteiger partial charge < -0.3 is 9.64 Å². The zero-order valence-electron chi connectivity index (χ0n) is 13.6. The minimum Gasteiger partial charge on any atom is -0.494 e. The largest absolute Gasteiger partial charge is 0.494 e. The number of hydrogen-bond acceptors (Lipinski definition) is 4. The second-order valence-corrected chi connectivity index (χ2v) is 5.86. The van der Waals surface area contributed by atoms with E-state index in [1.54, 1.807) is 22.4 Å². The van der Waals surface area contributed by atoms with Crippen LogP contribution in [-0.4, -0.2) is 35.5 Å². The smallest absolute Gasteiger partial charge is 0.273 e. The van der Waals surface area contributed by atoms with Gasteiger partial charge in [-0.1, -0.05) is 6.92 Å². The van der Waals surface area contributed by atoms with Crippen molar-refractivity contribution >= 4 is 17.2 Å². The number of benzene rings is 1. The van der Waals surface area contributed by atoms with Crippen molar-refractivity contribution in [2.24, 2.45) is 0 Å². The molecule has 0 aliphatic heterocycles. The van der Waals surface area contributed by atoms with Gasteiger partial charge in [0.05, 0.1) is 6.61 Å². The molecule has 0 fully saturated rings. The highest BCUT2D eigenvalue weighted by molar-refractivity contribution is 7.13. The number of carbonyl (C=O) groups is 1. The number of aromatic nitrogens is 1. The summed E-state index contributed by atoms with van der Waals surface area (Å²) in [6.07, 6.45) is 0.868. The van der Waals surface area contributed by atoms with E-state index >= 15 is 0 Å². The number of halogens is 1.